The van der Waals surface area contributed by atoms with E-state index >= 15 is 0 Å². The molecule has 2 aromatic carbocycles. The summed E-state index contributed by atoms with van der Waals surface area (Å²) >= 11 is 3.15. The Kier molecular flexibility index (Phi) is 10.2. The summed E-state index contributed by atoms with van der Waals surface area (Å²) in [5.41, 5.74) is 9.50. The second kappa shape index (κ2) is 12.6. The van der Waals surface area contributed by atoms with Gasteiger partial charge in [0.1, 0.15) is 11.4 Å². The topological polar surface area (TPSA) is 196 Å². The van der Waals surface area contributed by atoms with Gasteiger partial charge in [0, 0.05) is 21.2 Å². The molecule has 4 heterocycles. The van der Waals surface area contributed by atoms with Crippen molar-refractivity contribution < 1.29 is 40.1 Å². The van der Waals surface area contributed by atoms with Crippen LogP contribution in [-0.4, -0.2) is 47.4 Å². The second-order valence-electron chi connectivity index (χ2n) is 6.36. The molecular formula is C20H17FeN6O5S3+. The van der Waals surface area contributed by atoms with Crippen molar-refractivity contribution in [2.75, 3.05) is 0 Å². The molecule has 0 radical (unpaired) electrons. The molecule has 6 rings (SSSR count). The predicted octanol–water partition coefficient (Wildman–Crippen LogP) is 3.11. The van der Waals surface area contributed by atoms with Crippen molar-refractivity contribution in [3.05, 3.63) is 70.3 Å². The molecule has 0 aliphatic carbocycles. The molecule has 4 aromatic heterocycles. The Morgan fingerprint density at radius 2 is 1.09 bits per heavy atom. The molecule has 0 unspecified atom stereocenters. The number of nitrogens with zero attached hydrogens (tertiary/aromatic N) is 4. The summed E-state index contributed by atoms with van der Waals surface area (Å²) in [5.74, 6) is 1.68. The number of nitrogens with one attached hydrogen (secondary N) is 2. The van der Waals surface area contributed by atoms with E-state index in [0.717, 1.165) is 45.1 Å². The molecule has 0 saturated carbocycles. The number of benzene rings is 2. The van der Waals surface area contributed by atoms with Crippen LogP contribution in [0, 0.1) is 0 Å². The van der Waals surface area contributed by atoms with E-state index in [0.29, 0.717) is 0 Å². The summed E-state index contributed by atoms with van der Waals surface area (Å²) in [7, 11) is -5.17. The van der Waals surface area contributed by atoms with E-state index in [4.69, 9.17) is 17.5 Å². The van der Waals surface area contributed by atoms with E-state index in [1.54, 1.807) is 22.7 Å². The number of para-hydroxylation sites is 4. The molecule has 5 N–H and O–H groups in total. The van der Waals surface area contributed by atoms with E-state index in [1.807, 2.05) is 70.3 Å². The molecule has 11 nitrogen and oxygen atoms in total. The van der Waals surface area contributed by atoms with Crippen molar-refractivity contribution >= 4 is 55.1 Å². The number of rotatable bonds is 2. The molecule has 182 valence electrons. The van der Waals surface area contributed by atoms with Gasteiger partial charge < -0.3 is 24.5 Å². The molecule has 0 fully saturated rings. The fourth-order valence-corrected chi connectivity index (χ4v) is 3.88. The van der Waals surface area contributed by atoms with Crippen molar-refractivity contribution in [1.82, 2.24) is 29.9 Å². The number of aromatic amines is 2. The summed E-state index contributed by atoms with van der Waals surface area (Å²) in [6.45, 7) is 0. The van der Waals surface area contributed by atoms with Crippen molar-refractivity contribution in [3.63, 3.8) is 0 Å². The Morgan fingerprint density at radius 1 is 0.714 bits per heavy atom. The standard InChI is InChI=1S/2C10H7N3S.Fe.H2O4S.H2O/c2*1-2-4-8-7(3-1)12-10(13-8)9-5-14-6-11-9;;1-5(2,3)4;/h2*1-6H,(H,12,13);;(H2,1,2,3,4);1H2/q;;+2;;/p-1. The van der Waals surface area contributed by atoms with Crippen molar-refractivity contribution in [1.29, 1.82) is 0 Å². The predicted molar refractivity (Wildman–Crippen MR) is 130 cm³/mol. The summed E-state index contributed by atoms with van der Waals surface area (Å²) in [6, 6.07) is 15.9. The van der Waals surface area contributed by atoms with Crippen LogP contribution < -0.4 is 0 Å². The quantitative estimate of drug-likeness (QED) is 0.136. The molecule has 0 spiro atoms. The number of thiazole rings is 2. The zero-order valence-electron chi connectivity index (χ0n) is 17.5. The number of aromatic nitrogens is 6. The first-order valence-electron chi connectivity index (χ1n) is 9.20. The van der Waals surface area contributed by atoms with E-state index in [9.17, 15) is 0 Å². The first-order chi connectivity index (χ1) is 15.9. The number of hydrogen-bond acceptors (Lipinski definition) is 10. The van der Waals surface area contributed by atoms with Crippen LogP contribution in [-0.2, 0) is 32.9 Å². The van der Waals surface area contributed by atoms with Crippen molar-refractivity contribution in [2.45, 2.75) is 0 Å². The average molecular weight is 573 g/mol. The second-order valence-corrected chi connectivity index (χ2v) is 8.61. The maximum absolute atomic E-state index is 8.52. The largest absolute Gasteiger partial charge is 2.00 e. The zero-order chi connectivity index (χ0) is 23.3. The van der Waals surface area contributed by atoms with Gasteiger partial charge in [-0.3, -0.25) is 8.42 Å². The Bertz CT molecular complexity index is 1390. The van der Waals surface area contributed by atoms with E-state index in [-0.39, 0.29) is 22.5 Å². The van der Waals surface area contributed by atoms with Gasteiger partial charge in [-0.25, -0.2) is 19.9 Å². The summed E-state index contributed by atoms with van der Waals surface area (Å²) in [5, 5.41) is 3.97. The van der Waals surface area contributed by atoms with Crippen LogP contribution in [0.1, 0.15) is 0 Å². The number of H-pyrrole nitrogens is 2. The molecular weight excluding hydrogens is 556 g/mol. The first kappa shape index (κ1) is 28.2. The van der Waals surface area contributed by atoms with E-state index in [1.165, 1.54) is 0 Å². The molecule has 0 atom stereocenters. The Balaban J connectivity index is 0.000000199. The Morgan fingerprint density at radius 3 is 1.40 bits per heavy atom. The maximum Gasteiger partial charge on any atom is 2.00 e. The fourth-order valence-electron chi connectivity index (χ4n) is 2.81. The third kappa shape index (κ3) is 8.02. The third-order valence-corrected chi connectivity index (χ3v) is 5.30. The average Bonchev–Trinajstić information content (AvgIpc) is 3.58. The number of fused-ring (bicyclic) bond motifs is 2. The van der Waals surface area contributed by atoms with Gasteiger partial charge in [0.05, 0.1) is 33.1 Å². The van der Waals surface area contributed by atoms with E-state index < -0.39 is 10.4 Å². The molecule has 0 aliphatic rings. The minimum atomic E-state index is -5.17. The van der Waals surface area contributed by atoms with Crippen molar-refractivity contribution in [3.8, 4) is 23.0 Å². The van der Waals surface area contributed by atoms with Crippen LogP contribution in [0.25, 0.3) is 45.1 Å². The molecule has 15 heteroatoms. The Hall–Kier alpha value is -3.01. The fraction of sp³-hybridized carbons (Fsp3) is 0. The van der Waals surface area contributed by atoms with Crippen LogP contribution in [0.15, 0.2) is 70.3 Å². The van der Waals surface area contributed by atoms with Gasteiger partial charge in [0.15, 0.2) is 11.6 Å². The molecule has 0 aliphatic heterocycles. The summed E-state index contributed by atoms with van der Waals surface area (Å²) < 4.78 is 34.1. The number of imidazole rings is 2. The van der Waals surface area contributed by atoms with Gasteiger partial charge in [-0.1, -0.05) is 24.3 Å². The summed E-state index contributed by atoms with van der Waals surface area (Å²) in [4.78, 5) is 23.8. The molecule has 0 amide bonds. The van der Waals surface area contributed by atoms with Crippen LogP contribution in [0.5, 0.6) is 0 Å². The SMILES string of the molecule is O=S(=O)([O-])[O-].[Fe+2].[OH3+].c1ccc2[nH]c(-c3cscn3)nc2c1.c1ccc2[nH]c(-c3cscn3)nc2c1. The monoisotopic (exact) mass is 573 g/mol. The minimum absolute atomic E-state index is 0. The first-order valence-corrected chi connectivity index (χ1v) is 12.4. The van der Waals surface area contributed by atoms with Crippen LogP contribution in [0.4, 0.5) is 0 Å². The smallest absolute Gasteiger partial charge is 0.759 e. The van der Waals surface area contributed by atoms with Crippen LogP contribution >= 0.6 is 22.7 Å². The van der Waals surface area contributed by atoms with Crippen LogP contribution in [0.3, 0.4) is 0 Å². The molecule has 6 aromatic rings. The third-order valence-electron chi connectivity index (χ3n) is 4.13. The maximum atomic E-state index is 8.52. The molecule has 0 bridgehead atoms. The van der Waals surface area contributed by atoms with Crippen molar-refractivity contribution in [2.24, 2.45) is 0 Å². The van der Waals surface area contributed by atoms with E-state index in [2.05, 4.69) is 29.9 Å². The van der Waals surface area contributed by atoms with Gasteiger partial charge >= 0.3 is 17.1 Å². The number of hydrogen-bond donors (Lipinski definition) is 2. The molecule has 35 heavy (non-hydrogen) atoms. The normalized spacial score (nSPS) is 10.3. The summed E-state index contributed by atoms with van der Waals surface area (Å²) in [6.07, 6.45) is 0. The van der Waals surface area contributed by atoms with Gasteiger partial charge in [0.2, 0.25) is 0 Å². The zero-order valence-corrected chi connectivity index (χ0v) is 21.1. The Labute approximate surface area is 217 Å². The van der Waals surface area contributed by atoms with Gasteiger partial charge in [-0.15, -0.1) is 22.7 Å². The van der Waals surface area contributed by atoms with Crippen LogP contribution in [0.2, 0.25) is 0 Å². The van der Waals surface area contributed by atoms with Gasteiger partial charge in [0.25, 0.3) is 0 Å². The van der Waals surface area contributed by atoms with Gasteiger partial charge in [-0.05, 0) is 24.3 Å². The van der Waals surface area contributed by atoms with Gasteiger partial charge in [-0.2, -0.15) is 0 Å². The molecule has 0 saturated heterocycles. The minimum Gasteiger partial charge on any atom is -0.759 e.